The molecule has 0 saturated carbocycles. The molecule has 0 radical (unpaired) electrons. The van der Waals surface area contributed by atoms with Crippen LogP contribution in [0.3, 0.4) is 0 Å². The Morgan fingerprint density at radius 1 is 1.19 bits per heavy atom. The van der Waals surface area contributed by atoms with Crippen molar-refractivity contribution in [2.45, 2.75) is 13.0 Å². The van der Waals surface area contributed by atoms with Crippen LogP contribution in [0.2, 0.25) is 0 Å². The number of fused-ring (bicyclic) bond motifs is 5. The van der Waals surface area contributed by atoms with E-state index in [0.717, 1.165) is 47.8 Å². The zero-order valence-electron chi connectivity index (χ0n) is 15.1. The second-order valence-corrected chi connectivity index (χ2v) is 7.56. The molecule has 0 fully saturated rings. The summed E-state index contributed by atoms with van der Waals surface area (Å²) in [6.45, 7) is 2.68. The Labute approximate surface area is 166 Å². The normalized spacial score (nSPS) is 16.2. The summed E-state index contributed by atoms with van der Waals surface area (Å²) in [4.78, 5) is 2.41. The maximum Gasteiger partial charge on any atom is 0.231 e. The fourth-order valence-corrected chi connectivity index (χ4v) is 4.19. The van der Waals surface area contributed by atoms with Gasteiger partial charge in [0.25, 0.3) is 0 Å². The van der Waals surface area contributed by atoms with Gasteiger partial charge in [0.2, 0.25) is 6.79 Å². The molecule has 5 rings (SSSR count). The van der Waals surface area contributed by atoms with Crippen molar-refractivity contribution in [1.82, 2.24) is 4.90 Å². The molecule has 0 atom stereocenters. The highest BCUT2D eigenvalue weighted by atomic mass is 79.9. The third-order valence-corrected chi connectivity index (χ3v) is 5.64. The molecule has 0 bridgehead atoms. The number of hydrogen-bond donors (Lipinski definition) is 0. The molecule has 3 heterocycles. The second kappa shape index (κ2) is 6.68. The van der Waals surface area contributed by atoms with E-state index in [0.29, 0.717) is 13.4 Å². The number of benzene rings is 2. The Kier molecular flexibility index (Phi) is 4.16. The summed E-state index contributed by atoms with van der Waals surface area (Å²) in [5.74, 6) is 3.32. The van der Waals surface area contributed by atoms with Crippen LogP contribution in [0.1, 0.15) is 22.3 Å². The van der Waals surface area contributed by atoms with Crippen molar-refractivity contribution in [3.8, 4) is 23.0 Å². The van der Waals surface area contributed by atoms with E-state index in [1.165, 1.54) is 28.0 Å². The van der Waals surface area contributed by atoms with Crippen molar-refractivity contribution >= 4 is 27.7 Å². The lowest BCUT2D eigenvalue weighted by molar-refractivity contribution is 0.174. The predicted molar refractivity (Wildman–Crippen MR) is 107 cm³/mol. The van der Waals surface area contributed by atoms with Gasteiger partial charge in [0.05, 0.1) is 13.7 Å². The molecule has 140 valence electrons. The van der Waals surface area contributed by atoms with Crippen molar-refractivity contribution < 1.29 is 18.9 Å². The van der Waals surface area contributed by atoms with Crippen LogP contribution in [0.15, 0.2) is 24.3 Å². The molecule has 2 aromatic rings. The first kappa shape index (κ1) is 16.8. The van der Waals surface area contributed by atoms with Gasteiger partial charge in [-0.25, -0.2) is 0 Å². The number of alkyl halides is 1. The van der Waals surface area contributed by atoms with Gasteiger partial charge in [-0.3, -0.25) is 0 Å². The quantitative estimate of drug-likeness (QED) is 0.685. The molecule has 0 unspecified atom stereocenters. The van der Waals surface area contributed by atoms with Gasteiger partial charge < -0.3 is 23.8 Å². The Hall–Kier alpha value is -2.34. The van der Waals surface area contributed by atoms with Crippen LogP contribution in [0.5, 0.6) is 23.0 Å². The molecule has 0 amide bonds. The number of rotatable bonds is 4. The minimum atomic E-state index is 0.303. The Bertz CT molecular complexity index is 940. The van der Waals surface area contributed by atoms with Gasteiger partial charge in [0.1, 0.15) is 0 Å². The third kappa shape index (κ3) is 2.74. The van der Waals surface area contributed by atoms with Gasteiger partial charge in [-0.15, -0.1) is 0 Å². The van der Waals surface area contributed by atoms with E-state index >= 15 is 0 Å². The molecule has 0 saturated heterocycles. The topological polar surface area (TPSA) is 40.2 Å². The Balaban J connectivity index is 1.61. The molecule has 6 heteroatoms. The van der Waals surface area contributed by atoms with Crippen molar-refractivity contribution in [1.29, 1.82) is 0 Å². The van der Waals surface area contributed by atoms with Crippen molar-refractivity contribution in [3.63, 3.8) is 0 Å². The van der Waals surface area contributed by atoms with Crippen LogP contribution in [0, 0.1) is 0 Å². The molecule has 3 aliphatic heterocycles. The Morgan fingerprint density at radius 3 is 2.85 bits per heavy atom. The summed E-state index contributed by atoms with van der Waals surface area (Å²) in [6.07, 6.45) is 3.24. The van der Waals surface area contributed by atoms with E-state index in [-0.39, 0.29) is 0 Å². The third-order valence-electron chi connectivity index (χ3n) is 5.31. The van der Waals surface area contributed by atoms with E-state index in [4.69, 9.17) is 18.9 Å². The van der Waals surface area contributed by atoms with Gasteiger partial charge in [-0.2, -0.15) is 0 Å². The summed E-state index contributed by atoms with van der Waals surface area (Å²) in [7, 11) is 1.69. The van der Waals surface area contributed by atoms with Gasteiger partial charge in [-0.05, 0) is 41.8 Å². The summed E-state index contributed by atoms with van der Waals surface area (Å²) >= 11 is 3.44. The number of halogens is 1. The highest BCUT2D eigenvalue weighted by molar-refractivity contribution is 9.09. The molecule has 2 aromatic carbocycles. The number of methoxy groups -OCH3 is 1. The van der Waals surface area contributed by atoms with Gasteiger partial charge in [0, 0.05) is 35.2 Å². The SMILES string of the molecule is COc1ccc2c(c1OCCBr)CN1CCc3cc4c(cc3C1=C2)OCO4. The zero-order chi connectivity index (χ0) is 18.4. The highest BCUT2D eigenvalue weighted by Gasteiger charge is 2.30. The van der Waals surface area contributed by atoms with Crippen LogP contribution in [-0.2, 0) is 13.0 Å². The minimum Gasteiger partial charge on any atom is -0.493 e. The van der Waals surface area contributed by atoms with E-state index in [9.17, 15) is 0 Å². The fourth-order valence-electron chi connectivity index (χ4n) is 4.03. The average Bonchev–Trinajstić information content (AvgIpc) is 3.16. The first-order valence-corrected chi connectivity index (χ1v) is 10.2. The van der Waals surface area contributed by atoms with E-state index in [1.807, 2.05) is 6.07 Å². The maximum atomic E-state index is 6.02. The molecular formula is C21H20BrNO4. The van der Waals surface area contributed by atoms with Crippen LogP contribution in [0.25, 0.3) is 11.8 Å². The van der Waals surface area contributed by atoms with Crippen molar-refractivity contribution in [3.05, 3.63) is 46.5 Å². The van der Waals surface area contributed by atoms with E-state index in [1.54, 1.807) is 7.11 Å². The lowest BCUT2D eigenvalue weighted by Gasteiger charge is -2.37. The number of hydrogen-bond acceptors (Lipinski definition) is 5. The standard InChI is InChI=1S/C21H20BrNO4/c1-24-18-3-2-13-8-17-15-10-20-19(26-12-27-20)9-14(15)4-6-23(17)11-16(13)21(18)25-7-5-22/h2-3,8-10H,4-7,11-12H2,1H3. The smallest absolute Gasteiger partial charge is 0.231 e. The van der Waals surface area contributed by atoms with Crippen molar-refractivity contribution in [2.75, 3.05) is 32.4 Å². The van der Waals surface area contributed by atoms with Crippen molar-refractivity contribution in [2.24, 2.45) is 0 Å². The first-order chi connectivity index (χ1) is 13.3. The van der Waals surface area contributed by atoms with Crippen LogP contribution >= 0.6 is 15.9 Å². The van der Waals surface area contributed by atoms with Crippen LogP contribution < -0.4 is 18.9 Å². The molecule has 0 N–H and O–H groups in total. The van der Waals surface area contributed by atoms with Crippen LogP contribution in [-0.4, -0.2) is 37.3 Å². The second-order valence-electron chi connectivity index (χ2n) is 6.77. The molecule has 0 aromatic heterocycles. The molecule has 5 nitrogen and oxygen atoms in total. The molecule has 0 spiro atoms. The summed E-state index contributed by atoms with van der Waals surface area (Å²) in [5, 5.41) is 0.783. The number of ether oxygens (including phenoxy) is 4. The molecule has 0 aliphatic carbocycles. The lowest BCUT2D eigenvalue weighted by Crippen LogP contribution is -2.31. The molecular weight excluding hydrogens is 410 g/mol. The zero-order valence-corrected chi connectivity index (χ0v) is 16.7. The van der Waals surface area contributed by atoms with E-state index < -0.39 is 0 Å². The molecule has 3 aliphatic rings. The lowest BCUT2D eigenvalue weighted by atomic mass is 9.90. The monoisotopic (exact) mass is 429 g/mol. The first-order valence-electron chi connectivity index (χ1n) is 9.06. The van der Waals surface area contributed by atoms with Gasteiger partial charge in [0.15, 0.2) is 23.0 Å². The maximum absolute atomic E-state index is 6.02. The average molecular weight is 430 g/mol. The highest BCUT2D eigenvalue weighted by Crippen LogP contribution is 2.45. The fraction of sp³-hybridized carbons (Fsp3) is 0.333. The predicted octanol–water partition coefficient (Wildman–Crippen LogP) is 4.07. The van der Waals surface area contributed by atoms with Gasteiger partial charge in [-0.1, -0.05) is 22.0 Å². The minimum absolute atomic E-state index is 0.303. The van der Waals surface area contributed by atoms with Crippen LogP contribution in [0.4, 0.5) is 0 Å². The Morgan fingerprint density at radius 2 is 2.04 bits per heavy atom. The summed E-state index contributed by atoms with van der Waals surface area (Å²) in [6, 6.07) is 8.34. The van der Waals surface area contributed by atoms with Gasteiger partial charge >= 0.3 is 0 Å². The summed E-state index contributed by atoms with van der Waals surface area (Å²) in [5.41, 5.74) is 6.14. The molecule has 27 heavy (non-hydrogen) atoms. The van der Waals surface area contributed by atoms with E-state index in [2.05, 4.69) is 45.1 Å². The number of nitrogens with zero attached hydrogens (tertiary/aromatic N) is 1. The largest absolute Gasteiger partial charge is 0.493 e. The summed E-state index contributed by atoms with van der Waals surface area (Å²) < 4.78 is 22.7.